The second-order valence-corrected chi connectivity index (χ2v) is 7.41. The minimum absolute atomic E-state index is 0.286. The molecular weight excluding hydrogens is 292 g/mol. The van der Waals surface area contributed by atoms with Crippen LogP contribution in [0.3, 0.4) is 0 Å². The van der Waals surface area contributed by atoms with Gasteiger partial charge >= 0.3 is 0 Å². The Bertz CT molecular complexity index is 469. The average molecular weight is 305 g/mol. The first-order valence-electron chi connectivity index (χ1n) is 5.13. The number of aliphatic hydroxyl groups is 1. The van der Waals surface area contributed by atoms with Gasteiger partial charge in [-0.1, -0.05) is 22.4 Å². The Labute approximate surface area is 104 Å². The Kier molecular flexibility index (Phi) is 3.11. The maximum absolute atomic E-state index is 12.3. The maximum atomic E-state index is 12.3. The SMILES string of the molecule is O=S(=O)(c1ccc(Br)cc1)C1(CO)CCC1. The molecule has 3 nitrogen and oxygen atoms in total. The van der Waals surface area contributed by atoms with Crippen molar-refractivity contribution < 1.29 is 13.5 Å². The first-order valence-corrected chi connectivity index (χ1v) is 7.40. The van der Waals surface area contributed by atoms with Gasteiger partial charge in [-0.2, -0.15) is 0 Å². The predicted molar refractivity (Wildman–Crippen MR) is 65.0 cm³/mol. The molecule has 1 fully saturated rings. The van der Waals surface area contributed by atoms with Crippen LogP contribution in [0.1, 0.15) is 19.3 Å². The Morgan fingerprint density at radius 1 is 1.25 bits per heavy atom. The summed E-state index contributed by atoms with van der Waals surface area (Å²) in [6, 6.07) is 6.57. The molecule has 0 bridgehead atoms. The minimum Gasteiger partial charge on any atom is -0.395 e. The molecule has 1 aliphatic carbocycles. The van der Waals surface area contributed by atoms with Gasteiger partial charge in [-0.3, -0.25) is 0 Å². The smallest absolute Gasteiger partial charge is 0.186 e. The fourth-order valence-corrected chi connectivity index (χ4v) is 4.20. The van der Waals surface area contributed by atoms with E-state index in [0.29, 0.717) is 17.7 Å². The Morgan fingerprint density at radius 2 is 1.81 bits per heavy atom. The Morgan fingerprint density at radius 3 is 2.19 bits per heavy atom. The molecule has 1 aliphatic rings. The van der Waals surface area contributed by atoms with Gasteiger partial charge in [0.2, 0.25) is 0 Å². The molecule has 16 heavy (non-hydrogen) atoms. The van der Waals surface area contributed by atoms with E-state index in [4.69, 9.17) is 0 Å². The van der Waals surface area contributed by atoms with Gasteiger partial charge < -0.3 is 5.11 Å². The lowest BCUT2D eigenvalue weighted by Crippen LogP contribution is -2.48. The van der Waals surface area contributed by atoms with Gasteiger partial charge in [0.05, 0.1) is 16.2 Å². The zero-order valence-corrected chi connectivity index (χ0v) is 11.1. The topological polar surface area (TPSA) is 54.4 Å². The van der Waals surface area contributed by atoms with Crippen LogP contribution in [-0.2, 0) is 9.84 Å². The second-order valence-electron chi connectivity index (χ2n) is 4.15. The zero-order chi connectivity index (χ0) is 11.8. The number of benzene rings is 1. The van der Waals surface area contributed by atoms with Crippen molar-refractivity contribution in [3.63, 3.8) is 0 Å². The molecule has 0 atom stereocenters. The summed E-state index contributed by atoms with van der Waals surface area (Å²) in [5.41, 5.74) is 0. The summed E-state index contributed by atoms with van der Waals surface area (Å²) < 4.78 is 24.5. The van der Waals surface area contributed by atoms with Gasteiger partial charge in [-0.15, -0.1) is 0 Å². The van der Waals surface area contributed by atoms with Crippen molar-refractivity contribution in [2.75, 3.05) is 6.61 Å². The number of rotatable bonds is 3. The molecule has 0 aromatic heterocycles. The number of hydrogen-bond donors (Lipinski definition) is 1. The van der Waals surface area contributed by atoms with Crippen molar-refractivity contribution in [1.82, 2.24) is 0 Å². The van der Waals surface area contributed by atoms with E-state index in [0.717, 1.165) is 10.9 Å². The largest absolute Gasteiger partial charge is 0.395 e. The van der Waals surface area contributed by atoms with E-state index in [-0.39, 0.29) is 6.61 Å². The van der Waals surface area contributed by atoms with Crippen LogP contribution in [0.4, 0.5) is 0 Å². The van der Waals surface area contributed by atoms with E-state index in [9.17, 15) is 13.5 Å². The monoisotopic (exact) mass is 304 g/mol. The van der Waals surface area contributed by atoms with Gasteiger partial charge in [-0.05, 0) is 37.1 Å². The van der Waals surface area contributed by atoms with Crippen molar-refractivity contribution >= 4 is 25.8 Å². The highest BCUT2D eigenvalue weighted by molar-refractivity contribution is 9.10. The number of sulfone groups is 1. The van der Waals surface area contributed by atoms with Crippen LogP contribution in [0, 0.1) is 0 Å². The quantitative estimate of drug-likeness (QED) is 0.931. The number of aliphatic hydroxyl groups excluding tert-OH is 1. The van der Waals surface area contributed by atoms with Gasteiger partial charge in [0, 0.05) is 4.47 Å². The molecule has 0 heterocycles. The van der Waals surface area contributed by atoms with Crippen LogP contribution in [0.15, 0.2) is 33.6 Å². The van der Waals surface area contributed by atoms with Crippen LogP contribution in [0.25, 0.3) is 0 Å². The predicted octanol–water partition coefficient (Wildman–Crippen LogP) is 2.14. The van der Waals surface area contributed by atoms with Gasteiger partial charge in [0.1, 0.15) is 0 Å². The molecule has 0 aliphatic heterocycles. The first kappa shape index (κ1) is 12.1. The molecule has 1 saturated carbocycles. The first-order chi connectivity index (χ1) is 7.52. The summed E-state index contributed by atoms with van der Waals surface area (Å²) in [6.45, 7) is -0.286. The third-order valence-electron chi connectivity index (χ3n) is 3.25. The highest BCUT2D eigenvalue weighted by Crippen LogP contribution is 2.42. The lowest BCUT2D eigenvalue weighted by Gasteiger charge is -2.39. The average Bonchev–Trinajstić information content (AvgIpc) is 2.17. The normalized spacial score (nSPS) is 19.1. The van der Waals surface area contributed by atoms with E-state index < -0.39 is 14.6 Å². The van der Waals surface area contributed by atoms with Crippen molar-refractivity contribution in [2.45, 2.75) is 28.9 Å². The third kappa shape index (κ3) is 1.71. The van der Waals surface area contributed by atoms with E-state index in [2.05, 4.69) is 15.9 Å². The number of hydrogen-bond acceptors (Lipinski definition) is 3. The van der Waals surface area contributed by atoms with Gasteiger partial charge in [-0.25, -0.2) is 8.42 Å². The molecule has 1 N–H and O–H groups in total. The van der Waals surface area contributed by atoms with Crippen LogP contribution in [0.5, 0.6) is 0 Å². The summed E-state index contributed by atoms with van der Waals surface area (Å²) in [7, 11) is -3.40. The van der Waals surface area contributed by atoms with Gasteiger partial charge in [0.15, 0.2) is 9.84 Å². The van der Waals surface area contributed by atoms with Crippen LogP contribution in [0.2, 0.25) is 0 Å². The van der Waals surface area contributed by atoms with Crippen molar-refractivity contribution in [2.24, 2.45) is 0 Å². The highest BCUT2D eigenvalue weighted by Gasteiger charge is 2.48. The van der Waals surface area contributed by atoms with Crippen LogP contribution in [-0.4, -0.2) is 24.9 Å². The minimum atomic E-state index is -3.40. The summed E-state index contributed by atoms with van der Waals surface area (Å²) in [6.07, 6.45) is 1.99. The van der Waals surface area contributed by atoms with Crippen molar-refractivity contribution in [1.29, 1.82) is 0 Å². The molecule has 2 rings (SSSR count). The van der Waals surface area contributed by atoms with Crippen molar-refractivity contribution in [3.8, 4) is 0 Å². The third-order valence-corrected chi connectivity index (χ3v) is 6.35. The Balaban J connectivity index is 2.42. The fourth-order valence-electron chi connectivity index (χ4n) is 1.95. The summed E-state index contributed by atoms with van der Waals surface area (Å²) in [5, 5.41) is 9.30. The molecule has 1 aromatic carbocycles. The molecule has 1 aromatic rings. The summed E-state index contributed by atoms with van der Waals surface area (Å²) in [5.74, 6) is 0. The van der Waals surface area contributed by atoms with Gasteiger partial charge in [0.25, 0.3) is 0 Å². The molecule has 0 unspecified atom stereocenters. The zero-order valence-electron chi connectivity index (χ0n) is 8.69. The summed E-state index contributed by atoms with van der Waals surface area (Å²) in [4.78, 5) is 0.296. The van der Waals surface area contributed by atoms with E-state index in [1.54, 1.807) is 24.3 Å². The molecule has 5 heteroatoms. The second kappa shape index (κ2) is 4.13. The Hall–Kier alpha value is -0.390. The van der Waals surface area contributed by atoms with Crippen molar-refractivity contribution in [3.05, 3.63) is 28.7 Å². The standard InChI is InChI=1S/C11H13BrO3S/c12-9-2-4-10(5-3-9)16(14,15)11(8-13)6-1-7-11/h2-5,13H,1,6-8H2. The fraction of sp³-hybridized carbons (Fsp3) is 0.455. The lowest BCUT2D eigenvalue weighted by atomic mass is 9.85. The van der Waals surface area contributed by atoms with Crippen LogP contribution >= 0.6 is 15.9 Å². The van der Waals surface area contributed by atoms with Crippen LogP contribution < -0.4 is 0 Å². The van der Waals surface area contributed by atoms with E-state index in [1.807, 2.05) is 0 Å². The molecular formula is C11H13BrO3S. The molecule has 0 saturated heterocycles. The maximum Gasteiger partial charge on any atom is 0.186 e. The lowest BCUT2D eigenvalue weighted by molar-refractivity contribution is 0.181. The molecule has 0 radical (unpaired) electrons. The van der Waals surface area contributed by atoms with E-state index >= 15 is 0 Å². The summed E-state index contributed by atoms with van der Waals surface area (Å²) >= 11 is 3.27. The highest BCUT2D eigenvalue weighted by atomic mass is 79.9. The number of halogens is 1. The molecule has 0 spiro atoms. The molecule has 0 amide bonds. The van der Waals surface area contributed by atoms with E-state index in [1.165, 1.54) is 0 Å². The molecule has 88 valence electrons.